The Labute approximate surface area is 319 Å². The number of para-hydroxylation sites is 3. The third kappa shape index (κ3) is 4.66. The second-order valence-electron chi connectivity index (χ2n) is 14.4. The SMILES string of the molecule is C=C(N=CC1=C(C)c2cccc3cccc1c23)c1cccc(-n2c3ccccc3c3c(-c4cccc5c4c4ccccc4n5-c4ccccc4)cccc32)c1. The van der Waals surface area contributed by atoms with Crippen LogP contribution in [0, 0.1) is 0 Å². The summed E-state index contributed by atoms with van der Waals surface area (Å²) in [4.78, 5) is 4.99. The average molecular weight is 702 g/mol. The van der Waals surface area contributed by atoms with Crippen LogP contribution in [0.5, 0.6) is 0 Å². The van der Waals surface area contributed by atoms with Gasteiger partial charge in [-0.25, -0.2) is 0 Å². The first-order valence-electron chi connectivity index (χ1n) is 18.8. The van der Waals surface area contributed by atoms with Gasteiger partial charge in [0.05, 0.1) is 27.8 Å². The second kappa shape index (κ2) is 12.2. The first-order valence-corrected chi connectivity index (χ1v) is 18.8. The number of aliphatic imine (C=N–C) groups is 1. The minimum Gasteiger partial charge on any atom is -0.309 e. The number of rotatable bonds is 6. The van der Waals surface area contributed by atoms with Gasteiger partial charge in [0.15, 0.2) is 0 Å². The molecule has 0 unspecified atom stereocenters. The number of hydrogen-bond acceptors (Lipinski definition) is 1. The summed E-state index contributed by atoms with van der Waals surface area (Å²) in [6, 6.07) is 63.4. The summed E-state index contributed by atoms with van der Waals surface area (Å²) in [6.45, 7) is 6.65. The second-order valence-corrected chi connectivity index (χ2v) is 14.4. The molecule has 0 bridgehead atoms. The Hall–Kier alpha value is -7.23. The number of hydrogen-bond donors (Lipinski definition) is 0. The molecule has 11 rings (SSSR count). The minimum atomic E-state index is 0.730. The highest BCUT2D eigenvalue weighted by Crippen LogP contribution is 2.44. The van der Waals surface area contributed by atoms with Crippen molar-refractivity contribution in [3.05, 3.63) is 199 Å². The molecular formula is C52H35N3. The van der Waals surface area contributed by atoms with E-state index in [1.165, 1.54) is 71.2 Å². The van der Waals surface area contributed by atoms with Crippen LogP contribution >= 0.6 is 0 Å². The number of allylic oxidation sites excluding steroid dienone is 2. The lowest BCUT2D eigenvalue weighted by Gasteiger charge is -2.12. The molecule has 0 amide bonds. The zero-order chi connectivity index (χ0) is 36.6. The Morgan fingerprint density at radius 1 is 0.473 bits per heavy atom. The molecule has 8 aromatic carbocycles. The fourth-order valence-electron chi connectivity index (χ4n) is 9.05. The quantitative estimate of drug-likeness (QED) is 0.154. The largest absolute Gasteiger partial charge is 0.309 e. The monoisotopic (exact) mass is 701 g/mol. The summed E-state index contributed by atoms with van der Waals surface area (Å²) in [7, 11) is 0. The third-order valence-corrected chi connectivity index (χ3v) is 11.5. The van der Waals surface area contributed by atoms with Gasteiger partial charge in [-0.2, -0.15) is 0 Å². The molecule has 0 spiro atoms. The van der Waals surface area contributed by atoms with Crippen LogP contribution in [0.25, 0.3) is 93.7 Å². The van der Waals surface area contributed by atoms with E-state index < -0.39 is 0 Å². The van der Waals surface area contributed by atoms with Crippen LogP contribution in [-0.4, -0.2) is 15.3 Å². The molecule has 55 heavy (non-hydrogen) atoms. The van der Waals surface area contributed by atoms with Crippen LogP contribution in [-0.2, 0) is 0 Å². The van der Waals surface area contributed by atoms with Crippen LogP contribution in [0.2, 0.25) is 0 Å². The lowest BCUT2D eigenvalue weighted by molar-refractivity contribution is 1.18. The first-order chi connectivity index (χ1) is 27.2. The maximum Gasteiger partial charge on any atom is 0.0631 e. The molecule has 10 aromatic rings. The predicted octanol–water partition coefficient (Wildman–Crippen LogP) is 13.7. The normalized spacial score (nSPS) is 12.7. The van der Waals surface area contributed by atoms with Crippen molar-refractivity contribution in [2.45, 2.75) is 6.92 Å². The fraction of sp³-hybridized carbons (Fsp3) is 0.0192. The van der Waals surface area contributed by atoms with Crippen LogP contribution in [0.3, 0.4) is 0 Å². The van der Waals surface area contributed by atoms with Gasteiger partial charge < -0.3 is 9.13 Å². The van der Waals surface area contributed by atoms with Gasteiger partial charge in [-0.15, -0.1) is 0 Å². The van der Waals surface area contributed by atoms with E-state index in [0.717, 1.165) is 39.2 Å². The summed E-state index contributed by atoms with van der Waals surface area (Å²) in [6.07, 6.45) is 2.00. The van der Waals surface area contributed by atoms with Gasteiger partial charge in [-0.05, 0) is 94.1 Å². The van der Waals surface area contributed by atoms with Crippen molar-refractivity contribution in [1.82, 2.24) is 9.13 Å². The van der Waals surface area contributed by atoms with E-state index in [-0.39, 0.29) is 0 Å². The number of nitrogens with zero attached hydrogens (tertiary/aromatic N) is 3. The van der Waals surface area contributed by atoms with E-state index in [1.807, 2.05) is 6.21 Å². The van der Waals surface area contributed by atoms with Crippen molar-refractivity contribution in [3.63, 3.8) is 0 Å². The standard InChI is InChI=1S/C52H35N3/c1-33-39-23-11-15-35-16-12-24-42(50(35)39)45(33)32-53-34(2)36-17-10-20-38(31-36)55-47-28-9-7-22-44(47)52-41(26-14-30-49(52)55)40-25-13-29-48-51(40)43-21-6-8-27-46(43)54(48)37-18-4-3-5-19-37/h3-32H,2H2,1H3. The van der Waals surface area contributed by atoms with Crippen LogP contribution in [0.1, 0.15) is 23.6 Å². The highest BCUT2D eigenvalue weighted by atomic mass is 15.0. The molecule has 0 N–H and O–H groups in total. The summed E-state index contributed by atoms with van der Waals surface area (Å²) in [5, 5.41) is 7.52. The number of aromatic nitrogens is 2. The van der Waals surface area contributed by atoms with Gasteiger partial charge in [-0.3, -0.25) is 4.99 Å². The topological polar surface area (TPSA) is 22.2 Å². The maximum absolute atomic E-state index is 4.99. The molecule has 258 valence electrons. The van der Waals surface area contributed by atoms with E-state index >= 15 is 0 Å². The maximum atomic E-state index is 4.99. The number of benzene rings is 8. The van der Waals surface area contributed by atoms with Crippen LogP contribution in [0.4, 0.5) is 0 Å². The molecule has 3 heteroatoms. The molecule has 0 saturated carbocycles. The molecule has 0 aliphatic heterocycles. The van der Waals surface area contributed by atoms with Crippen molar-refractivity contribution in [2.24, 2.45) is 4.99 Å². The minimum absolute atomic E-state index is 0.730. The van der Waals surface area contributed by atoms with Crippen molar-refractivity contribution in [3.8, 4) is 22.5 Å². The van der Waals surface area contributed by atoms with Crippen molar-refractivity contribution < 1.29 is 0 Å². The Morgan fingerprint density at radius 2 is 0.982 bits per heavy atom. The molecule has 1 aliphatic rings. The number of fused-ring (bicyclic) bond motifs is 6. The van der Waals surface area contributed by atoms with E-state index in [1.54, 1.807) is 0 Å². The van der Waals surface area contributed by atoms with Gasteiger partial charge >= 0.3 is 0 Å². The molecule has 0 saturated heterocycles. The van der Waals surface area contributed by atoms with E-state index in [9.17, 15) is 0 Å². The van der Waals surface area contributed by atoms with Crippen molar-refractivity contribution in [1.29, 1.82) is 0 Å². The Bertz CT molecular complexity index is 3270. The van der Waals surface area contributed by atoms with Gasteiger partial charge in [-0.1, -0.05) is 134 Å². The Kier molecular flexibility index (Phi) is 6.92. The zero-order valence-electron chi connectivity index (χ0n) is 30.4. The Balaban J connectivity index is 1.06. The fourth-order valence-corrected chi connectivity index (χ4v) is 9.05. The van der Waals surface area contributed by atoms with Gasteiger partial charge in [0.1, 0.15) is 0 Å². The molecule has 1 aliphatic carbocycles. The third-order valence-electron chi connectivity index (χ3n) is 11.5. The lowest BCUT2D eigenvalue weighted by atomic mass is 9.95. The van der Waals surface area contributed by atoms with Crippen molar-refractivity contribution >= 4 is 77.4 Å². The summed E-state index contributed by atoms with van der Waals surface area (Å²) in [5.41, 5.74) is 16.0. The van der Waals surface area contributed by atoms with Crippen LogP contribution in [0.15, 0.2) is 187 Å². The molecule has 3 nitrogen and oxygen atoms in total. The Morgan fingerprint density at radius 3 is 1.65 bits per heavy atom. The summed E-state index contributed by atoms with van der Waals surface area (Å²) in [5.74, 6) is 0. The van der Waals surface area contributed by atoms with Crippen molar-refractivity contribution in [2.75, 3.05) is 0 Å². The van der Waals surface area contributed by atoms with Gasteiger partial charge in [0, 0.05) is 50.3 Å². The van der Waals surface area contributed by atoms with Gasteiger partial charge in [0.25, 0.3) is 0 Å². The molecule has 0 atom stereocenters. The van der Waals surface area contributed by atoms with Crippen LogP contribution < -0.4 is 0 Å². The van der Waals surface area contributed by atoms with E-state index in [4.69, 9.17) is 4.99 Å². The first kappa shape index (κ1) is 31.3. The average Bonchev–Trinajstić information content (AvgIpc) is 3.86. The van der Waals surface area contributed by atoms with Gasteiger partial charge in [0.2, 0.25) is 0 Å². The predicted molar refractivity (Wildman–Crippen MR) is 235 cm³/mol. The smallest absolute Gasteiger partial charge is 0.0631 e. The molecule has 2 aromatic heterocycles. The highest BCUT2D eigenvalue weighted by molar-refractivity contribution is 6.29. The highest BCUT2D eigenvalue weighted by Gasteiger charge is 2.22. The molecule has 0 radical (unpaired) electrons. The lowest BCUT2D eigenvalue weighted by Crippen LogP contribution is -1.95. The molecular weight excluding hydrogens is 667 g/mol. The summed E-state index contributed by atoms with van der Waals surface area (Å²) < 4.78 is 4.78. The van der Waals surface area contributed by atoms with E-state index in [0.29, 0.717) is 0 Å². The molecule has 0 fully saturated rings. The molecule has 2 heterocycles. The zero-order valence-corrected chi connectivity index (χ0v) is 30.4. The van der Waals surface area contributed by atoms with E-state index in [2.05, 4.69) is 199 Å². The summed E-state index contributed by atoms with van der Waals surface area (Å²) >= 11 is 0.